The van der Waals surface area contributed by atoms with Crippen molar-refractivity contribution in [2.75, 3.05) is 0 Å². The number of halogens is 1. The summed E-state index contributed by atoms with van der Waals surface area (Å²) in [6.07, 6.45) is 1.19. The van der Waals surface area contributed by atoms with Crippen molar-refractivity contribution in [3.05, 3.63) is 29.8 Å². The maximum absolute atomic E-state index is 12.5. The lowest BCUT2D eigenvalue weighted by atomic mass is 10.4. The maximum atomic E-state index is 12.5. The molecule has 0 radical (unpaired) electrons. The van der Waals surface area contributed by atoms with Crippen molar-refractivity contribution in [2.45, 2.75) is 5.75 Å². The van der Waals surface area contributed by atoms with Gasteiger partial charge in [0.15, 0.2) is 0 Å². The van der Waals surface area contributed by atoms with Crippen molar-refractivity contribution in [2.24, 2.45) is 5.14 Å². The molecule has 1 rings (SSSR count). The van der Waals surface area contributed by atoms with Gasteiger partial charge in [-0.15, -0.1) is 0 Å². The molecule has 1 aromatic heterocycles. The summed E-state index contributed by atoms with van der Waals surface area (Å²) in [6, 6.07) is 2.16. The molecule has 0 aromatic carbocycles. The third-order valence-electron chi connectivity index (χ3n) is 1.13. The molecule has 0 fully saturated rings. The molecule has 0 spiro atoms. The molecular weight excluding hydrogens is 183 g/mol. The molecule has 0 atom stereocenters. The highest BCUT2D eigenvalue weighted by Crippen LogP contribution is 2.01. The van der Waals surface area contributed by atoms with Gasteiger partial charge in [0, 0.05) is 6.20 Å². The van der Waals surface area contributed by atoms with E-state index < -0.39 is 21.6 Å². The molecule has 0 aliphatic heterocycles. The fourth-order valence-electron chi connectivity index (χ4n) is 0.734. The Kier molecular flexibility index (Phi) is 2.39. The molecular formula is C6H7FN2O2S. The van der Waals surface area contributed by atoms with Crippen LogP contribution in [0.15, 0.2) is 18.3 Å². The zero-order chi connectivity index (χ0) is 9.19. The molecule has 6 heteroatoms. The monoisotopic (exact) mass is 190 g/mol. The minimum absolute atomic E-state index is 0.109. The summed E-state index contributed by atoms with van der Waals surface area (Å²) < 4.78 is 33.5. The van der Waals surface area contributed by atoms with E-state index in [9.17, 15) is 12.8 Å². The van der Waals surface area contributed by atoms with Crippen LogP contribution in [0, 0.1) is 5.82 Å². The van der Waals surface area contributed by atoms with Crippen LogP contribution in [0.1, 0.15) is 5.69 Å². The van der Waals surface area contributed by atoms with Gasteiger partial charge < -0.3 is 0 Å². The molecule has 0 bridgehead atoms. The van der Waals surface area contributed by atoms with Gasteiger partial charge in [-0.1, -0.05) is 0 Å². The second kappa shape index (κ2) is 3.16. The molecule has 4 nitrogen and oxygen atoms in total. The normalized spacial score (nSPS) is 11.5. The Bertz CT molecular complexity index is 377. The van der Waals surface area contributed by atoms with Crippen molar-refractivity contribution < 1.29 is 12.8 Å². The van der Waals surface area contributed by atoms with Gasteiger partial charge in [-0.05, 0) is 12.1 Å². The van der Waals surface area contributed by atoms with E-state index in [0.29, 0.717) is 0 Å². The molecule has 0 unspecified atom stereocenters. The first-order valence-electron chi connectivity index (χ1n) is 3.08. The smallest absolute Gasteiger partial charge is 0.214 e. The van der Waals surface area contributed by atoms with E-state index in [2.05, 4.69) is 4.98 Å². The average molecular weight is 190 g/mol. The molecule has 0 saturated carbocycles. The van der Waals surface area contributed by atoms with Crippen molar-refractivity contribution >= 4 is 10.0 Å². The Morgan fingerprint density at radius 3 is 2.75 bits per heavy atom. The first-order valence-corrected chi connectivity index (χ1v) is 4.80. The number of nitrogens with zero attached hydrogens (tertiary/aromatic N) is 1. The molecule has 1 heterocycles. The Morgan fingerprint density at radius 2 is 2.25 bits per heavy atom. The summed E-state index contributed by atoms with van der Waals surface area (Å²) in [5.74, 6) is -0.964. The van der Waals surface area contributed by atoms with Gasteiger partial charge >= 0.3 is 0 Å². The first kappa shape index (κ1) is 9.08. The second-order valence-corrected chi connectivity index (χ2v) is 3.89. The topological polar surface area (TPSA) is 73.1 Å². The number of nitrogens with two attached hydrogens (primary N) is 1. The summed E-state index contributed by atoms with van der Waals surface area (Å²) in [6.45, 7) is 0. The van der Waals surface area contributed by atoms with Crippen LogP contribution in [-0.2, 0) is 15.8 Å². The predicted molar refractivity (Wildman–Crippen MR) is 41.0 cm³/mol. The number of hydrogen-bond acceptors (Lipinski definition) is 3. The van der Waals surface area contributed by atoms with Crippen molar-refractivity contribution in [1.29, 1.82) is 0 Å². The highest BCUT2D eigenvalue weighted by Gasteiger charge is 2.06. The molecule has 0 saturated heterocycles. The summed E-state index contributed by atoms with van der Waals surface area (Å²) in [7, 11) is -3.62. The Morgan fingerprint density at radius 1 is 1.58 bits per heavy atom. The van der Waals surface area contributed by atoms with E-state index in [-0.39, 0.29) is 5.69 Å². The average Bonchev–Trinajstić information content (AvgIpc) is 1.82. The van der Waals surface area contributed by atoms with E-state index in [1.807, 2.05) is 0 Å². The minimum Gasteiger partial charge on any atom is -0.260 e. The summed E-state index contributed by atoms with van der Waals surface area (Å²) in [5, 5.41) is 4.73. The van der Waals surface area contributed by atoms with Gasteiger partial charge in [-0.3, -0.25) is 4.98 Å². The lowest BCUT2D eigenvalue weighted by Crippen LogP contribution is -2.15. The summed E-state index contributed by atoms with van der Waals surface area (Å²) >= 11 is 0. The number of rotatable bonds is 2. The highest BCUT2D eigenvalue weighted by molar-refractivity contribution is 7.88. The van der Waals surface area contributed by atoms with Crippen LogP contribution in [0.2, 0.25) is 0 Å². The number of hydrogen-bond donors (Lipinski definition) is 1. The van der Waals surface area contributed by atoms with Gasteiger partial charge in [-0.2, -0.15) is 0 Å². The highest BCUT2D eigenvalue weighted by atomic mass is 32.2. The third kappa shape index (κ3) is 2.93. The molecule has 0 aliphatic rings. The largest absolute Gasteiger partial charge is 0.260 e. The SMILES string of the molecule is NS(=O)(=O)Cc1cc(F)ccn1. The van der Waals surface area contributed by atoms with Crippen LogP contribution in [0.25, 0.3) is 0 Å². The zero-order valence-electron chi connectivity index (χ0n) is 6.07. The maximum Gasteiger partial charge on any atom is 0.214 e. The lowest BCUT2D eigenvalue weighted by Gasteiger charge is -1.96. The van der Waals surface area contributed by atoms with E-state index >= 15 is 0 Å². The van der Waals surface area contributed by atoms with E-state index in [0.717, 1.165) is 12.1 Å². The zero-order valence-corrected chi connectivity index (χ0v) is 6.88. The second-order valence-electron chi connectivity index (χ2n) is 2.27. The standard InChI is InChI=1S/C6H7FN2O2S/c7-5-1-2-9-6(3-5)4-12(8,10)11/h1-3H,4H2,(H2,8,10,11). The third-order valence-corrected chi connectivity index (χ3v) is 1.83. The van der Waals surface area contributed by atoms with Gasteiger partial charge in [0.1, 0.15) is 11.6 Å². The quantitative estimate of drug-likeness (QED) is 0.713. The van der Waals surface area contributed by atoms with Gasteiger partial charge in [-0.25, -0.2) is 17.9 Å². The van der Waals surface area contributed by atoms with Gasteiger partial charge in [0.05, 0.1) is 5.69 Å². The van der Waals surface area contributed by atoms with Gasteiger partial charge in [0.2, 0.25) is 10.0 Å². The Balaban J connectivity index is 2.91. The van der Waals surface area contributed by atoms with E-state index in [1.165, 1.54) is 6.20 Å². The van der Waals surface area contributed by atoms with E-state index in [1.54, 1.807) is 0 Å². The fourth-order valence-corrected chi connectivity index (χ4v) is 1.30. The Hall–Kier alpha value is -1.01. The molecule has 12 heavy (non-hydrogen) atoms. The molecule has 2 N–H and O–H groups in total. The van der Waals surface area contributed by atoms with Crippen molar-refractivity contribution in [3.8, 4) is 0 Å². The first-order chi connectivity index (χ1) is 5.47. The lowest BCUT2D eigenvalue weighted by molar-refractivity contribution is 0.595. The van der Waals surface area contributed by atoms with Crippen LogP contribution in [0.4, 0.5) is 4.39 Å². The molecule has 1 aromatic rings. The van der Waals surface area contributed by atoms with Crippen molar-refractivity contribution in [3.63, 3.8) is 0 Å². The molecule has 0 aliphatic carbocycles. The van der Waals surface area contributed by atoms with E-state index in [4.69, 9.17) is 5.14 Å². The molecule has 66 valence electrons. The number of aromatic nitrogens is 1. The van der Waals surface area contributed by atoms with Crippen LogP contribution in [-0.4, -0.2) is 13.4 Å². The Labute approximate surface area is 69.3 Å². The van der Waals surface area contributed by atoms with Crippen molar-refractivity contribution in [1.82, 2.24) is 4.98 Å². The summed E-state index contributed by atoms with van der Waals surface area (Å²) in [5.41, 5.74) is 0.109. The van der Waals surface area contributed by atoms with Crippen LogP contribution < -0.4 is 5.14 Å². The fraction of sp³-hybridized carbons (Fsp3) is 0.167. The molecule has 0 amide bonds. The van der Waals surface area contributed by atoms with Crippen LogP contribution in [0.5, 0.6) is 0 Å². The number of primary sulfonamides is 1. The minimum atomic E-state index is -3.62. The number of sulfonamides is 1. The summed E-state index contributed by atoms with van der Waals surface area (Å²) in [4.78, 5) is 3.63. The van der Waals surface area contributed by atoms with Gasteiger partial charge in [0.25, 0.3) is 0 Å². The van der Waals surface area contributed by atoms with Crippen LogP contribution in [0.3, 0.4) is 0 Å². The van der Waals surface area contributed by atoms with Crippen LogP contribution >= 0.6 is 0 Å². The predicted octanol–water partition coefficient (Wildman–Crippen LogP) is 0.00920. The number of pyridine rings is 1.